The molecule has 1 rings (SSSR count). The third-order valence-electron chi connectivity index (χ3n) is 2.65. The number of carbonyl (C=O) groups is 2. The van der Waals surface area contributed by atoms with Crippen molar-refractivity contribution in [2.45, 2.75) is 37.9 Å². The number of carbonyl (C=O) groups excluding carboxylic acids is 1. The van der Waals surface area contributed by atoms with E-state index >= 15 is 0 Å². The average molecular weight is 239 g/mol. The van der Waals surface area contributed by atoms with Crippen LogP contribution in [-0.2, 0) is 9.59 Å². The minimum atomic E-state index is -5.03. The first-order valence-electron chi connectivity index (χ1n) is 4.91. The highest BCUT2D eigenvalue weighted by molar-refractivity contribution is 5.86. The zero-order valence-corrected chi connectivity index (χ0v) is 8.38. The van der Waals surface area contributed by atoms with Crippen molar-refractivity contribution in [2.24, 2.45) is 5.92 Å². The van der Waals surface area contributed by atoms with Crippen LogP contribution in [0.1, 0.15) is 25.7 Å². The second kappa shape index (κ2) is 4.71. The van der Waals surface area contributed by atoms with Crippen molar-refractivity contribution in [1.29, 1.82) is 0 Å². The lowest BCUT2D eigenvalue weighted by atomic mass is 9.81. The molecule has 4 nitrogen and oxygen atoms in total. The Bertz CT molecular complexity index is 286. The van der Waals surface area contributed by atoms with E-state index < -0.39 is 24.1 Å². The maximum atomic E-state index is 11.9. The van der Waals surface area contributed by atoms with Crippen LogP contribution in [-0.4, -0.2) is 29.2 Å². The molecule has 2 N–H and O–H groups in total. The summed E-state index contributed by atoms with van der Waals surface area (Å²) in [5, 5.41) is 10.2. The Hall–Kier alpha value is -1.27. The number of carboxylic acids is 1. The second-order valence-electron chi connectivity index (χ2n) is 3.89. The summed E-state index contributed by atoms with van der Waals surface area (Å²) in [7, 11) is 0. The zero-order chi connectivity index (χ0) is 12.3. The molecule has 1 atom stereocenters. The molecule has 0 spiro atoms. The summed E-state index contributed by atoms with van der Waals surface area (Å²) in [5.41, 5.74) is 0. The van der Waals surface area contributed by atoms with Gasteiger partial charge in [-0.25, -0.2) is 4.79 Å². The zero-order valence-electron chi connectivity index (χ0n) is 8.38. The number of amides is 1. The highest BCUT2D eigenvalue weighted by Crippen LogP contribution is 2.30. The molecule has 1 saturated carbocycles. The molecule has 0 aromatic heterocycles. The number of nitrogens with one attached hydrogen (secondary N) is 1. The van der Waals surface area contributed by atoms with Crippen molar-refractivity contribution in [1.82, 2.24) is 5.32 Å². The van der Waals surface area contributed by atoms with Crippen molar-refractivity contribution in [3.63, 3.8) is 0 Å². The van der Waals surface area contributed by atoms with Crippen LogP contribution in [0.5, 0.6) is 0 Å². The fraction of sp³-hybridized carbons (Fsp3) is 0.778. The van der Waals surface area contributed by atoms with Gasteiger partial charge in [-0.2, -0.15) is 13.2 Å². The van der Waals surface area contributed by atoms with Crippen molar-refractivity contribution in [2.75, 3.05) is 0 Å². The van der Waals surface area contributed by atoms with Gasteiger partial charge in [-0.3, -0.25) is 4.79 Å². The summed E-state index contributed by atoms with van der Waals surface area (Å²) in [6.45, 7) is 0. The summed E-state index contributed by atoms with van der Waals surface area (Å²) < 4.78 is 35.7. The van der Waals surface area contributed by atoms with E-state index in [1.165, 1.54) is 5.32 Å². The summed E-state index contributed by atoms with van der Waals surface area (Å²) in [4.78, 5) is 21.2. The number of halogens is 3. The number of hydrogen-bond donors (Lipinski definition) is 2. The molecule has 7 heteroatoms. The number of carboxylic acid groups (broad SMARTS) is 1. The van der Waals surface area contributed by atoms with Crippen LogP contribution in [0.15, 0.2) is 0 Å². The van der Waals surface area contributed by atoms with E-state index in [-0.39, 0.29) is 12.3 Å². The van der Waals surface area contributed by atoms with E-state index in [0.29, 0.717) is 0 Å². The Morgan fingerprint density at radius 1 is 1.38 bits per heavy atom. The van der Waals surface area contributed by atoms with Crippen LogP contribution in [0.4, 0.5) is 13.2 Å². The van der Waals surface area contributed by atoms with E-state index in [2.05, 4.69) is 0 Å². The summed E-state index contributed by atoms with van der Waals surface area (Å²) in [6.07, 6.45) is -2.38. The Balaban J connectivity index is 2.50. The van der Waals surface area contributed by atoms with Gasteiger partial charge in [0.25, 0.3) is 0 Å². The number of hydrogen-bond acceptors (Lipinski definition) is 2. The SMILES string of the molecule is O=C(O)[C@H](CC1CCC1)NC(=O)C(F)(F)F. The smallest absolute Gasteiger partial charge is 0.471 e. The lowest BCUT2D eigenvalue weighted by Gasteiger charge is -2.28. The monoisotopic (exact) mass is 239 g/mol. The quantitative estimate of drug-likeness (QED) is 0.777. The first-order valence-corrected chi connectivity index (χ1v) is 4.91. The molecule has 16 heavy (non-hydrogen) atoms. The van der Waals surface area contributed by atoms with Gasteiger partial charge in [0.2, 0.25) is 0 Å². The number of aliphatic carboxylic acids is 1. The highest BCUT2D eigenvalue weighted by atomic mass is 19.4. The van der Waals surface area contributed by atoms with Crippen molar-refractivity contribution < 1.29 is 27.9 Å². The van der Waals surface area contributed by atoms with Gasteiger partial charge in [0, 0.05) is 0 Å². The maximum absolute atomic E-state index is 11.9. The molecule has 0 aromatic carbocycles. The Labute approximate surface area is 89.8 Å². The van der Waals surface area contributed by atoms with E-state index in [0.717, 1.165) is 19.3 Å². The number of rotatable bonds is 4. The van der Waals surface area contributed by atoms with Crippen LogP contribution in [0.2, 0.25) is 0 Å². The van der Waals surface area contributed by atoms with E-state index in [1.807, 2.05) is 0 Å². The topological polar surface area (TPSA) is 66.4 Å². The van der Waals surface area contributed by atoms with Crippen LogP contribution in [0.25, 0.3) is 0 Å². The predicted octanol–water partition coefficient (Wildman–Crippen LogP) is 1.31. The molecule has 0 aliphatic heterocycles. The van der Waals surface area contributed by atoms with Gasteiger partial charge < -0.3 is 10.4 Å². The van der Waals surface area contributed by atoms with Gasteiger partial charge in [0.1, 0.15) is 6.04 Å². The molecule has 92 valence electrons. The molecule has 0 heterocycles. The third-order valence-corrected chi connectivity index (χ3v) is 2.65. The molecule has 1 aliphatic carbocycles. The Morgan fingerprint density at radius 2 is 1.94 bits per heavy atom. The first-order chi connectivity index (χ1) is 7.30. The molecule has 0 radical (unpaired) electrons. The highest BCUT2D eigenvalue weighted by Gasteiger charge is 2.41. The van der Waals surface area contributed by atoms with E-state index in [1.54, 1.807) is 0 Å². The minimum absolute atomic E-state index is 0.0666. The average Bonchev–Trinajstić information content (AvgIpc) is 2.06. The number of alkyl halides is 3. The molecule has 1 amide bonds. The lowest BCUT2D eigenvalue weighted by molar-refractivity contribution is -0.175. The Morgan fingerprint density at radius 3 is 2.25 bits per heavy atom. The van der Waals surface area contributed by atoms with Gasteiger partial charge in [-0.05, 0) is 12.3 Å². The third kappa shape index (κ3) is 3.39. The standard InChI is InChI=1S/C9H12F3NO3/c10-9(11,12)8(16)13-6(7(14)15)4-5-2-1-3-5/h5-6H,1-4H2,(H,13,16)(H,14,15)/t6-/m0/s1. The predicted molar refractivity (Wildman–Crippen MR) is 47.6 cm³/mol. The fourth-order valence-electron chi connectivity index (χ4n) is 1.52. The molecular formula is C9H12F3NO3. The molecule has 0 saturated heterocycles. The van der Waals surface area contributed by atoms with Crippen LogP contribution < -0.4 is 5.32 Å². The maximum Gasteiger partial charge on any atom is 0.471 e. The second-order valence-corrected chi connectivity index (χ2v) is 3.89. The molecule has 1 aliphatic rings. The largest absolute Gasteiger partial charge is 0.480 e. The normalized spacial score (nSPS) is 18.7. The fourth-order valence-corrected chi connectivity index (χ4v) is 1.52. The van der Waals surface area contributed by atoms with Gasteiger partial charge in [0.05, 0.1) is 0 Å². The summed E-state index contributed by atoms with van der Waals surface area (Å²) >= 11 is 0. The first kappa shape index (κ1) is 12.8. The van der Waals surface area contributed by atoms with Crippen LogP contribution >= 0.6 is 0 Å². The summed E-state index contributed by atoms with van der Waals surface area (Å²) in [5.74, 6) is -3.52. The van der Waals surface area contributed by atoms with Gasteiger partial charge in [-0.1, -0.05) is 19.3 Å². The molecule has 0 unspecified atom stereocenters. The minimum Gasteiger partial charge on any atom is -0.480 e. The lowest BCUT2D eigenvalue weighted by Crippen LogP contribution is -2.48. The Kier molecular flexibility index (Phi) is 3.77. The van der Waals surface area contributed by atoms with Crippen LogP contribution in [0.3, 0.4) is 0 Å². The van der Waals surface area contributed by atoms with E-state index in [9.17, 15) is 22.8 Å². The van der Waals surface area contributed by atoms with Gasteiger partial charge >= 0.3 is 18.1 Å². The van der Waals surface area contributed by atoms with Crippen molar-refractivity contribution in [3.05, 3.63) is 0 Å². The molecular weight excluding hydrogens is 227 g/mol. The van der Waals surface area contributed by atoms with Gasteiger partial charge in [0.15, 0.2) is 0 Å². The van der Waals surface area contributed by atoms with Gasteiger partial charge in [-0.15, -0.1) is 0 Å². The van der Waals surface area contributed by atoms with E-state index in [4.69, 9.17) is 5.11 Å². The summed E-state index contributed by atoms with van der Waals surface area (Å²) in [6, 6.07) is -1.44. The molecule has 0 aromatic rings. The molecule has 0 bridgehead atoms. The molecule has 1 fully saturated rings. The van der Waals surface area contributed by atoms with Crippen LogP contribution in [0, 0.1) is 5.92 Å². The van der Waals surface area contributed by atoms with Crippen molar-refractivity contribution in [3.8, 4) is 0 Å². The van der Waals surface area contributed by atoms with Crippen molar-refractivity contribution >= 4 is 11.9 Å².